The molecule has 16 heavy (non-hydrogen) atoms. The second-order valence-electron chi connectivity index (χ2n) is 4.12. The van der Waals surface area contributed by atoms with Crippen LogP contribution in [0.1, 0.15) is 19.4 Å². The van der Waals surface area contributed by atoms with Crippen molar-refractivity contribution < 1.29 is 14.3 Å². The summed E-state index contributed by atoms with van der Waals surface area (Å²) in [6.07, 6.45) is -0.549. The fourth-order valence-corrected chi connectivity index (χ4v) is 1.41. The molecule has 3 heteroatoms. The summed E-state index contributed by atoms with van der Waals surface area (Å²) in [5.74, 6) is 0.438. The second-order valence-corrected chi connectivity index (χ2v) is 4.12. The van der Waals surface area contributed by atoms with Crippen LogP contribution < -0.4 is 4.74 Å². The van der Waals surface area contributed by atoms with E-state index in [4.69, 9.17) is 9.47 Å². The van der Waals surface area contributed by atoms with Crippen molar-refractivity contribution in [3.63, 3.8) is 0 Å². The van der Waals surface area contributed by atoms with Crippen LogP contribution in [-0.4, -0.2) is 19.2 Å². The number of aryl methyl sites for hydroxylation is 1. The summed E-state index contributed by atoms with van der Waals surface area (Å²) in [5, 5.41) is 0. The topological polar surface area (TPSA) is 35.5 Å². The third-order valence-electron chi connectivity index (χ3n) is 2.29. The Morgan fingerprint density at radius 3 is 2.50 bits per heavy atom. The van der Waals surface area contributed by atoms with E-state index in [1.54, 1.807) is 0 Å². The van der Waals surface area contributed by atoms with Crippen LogP contribution in [0.15, 0.2) is 24.3 Å². The molecule has 0 fully saturated rings. The number of ether oxygens (including phenoxy) is 2. The van der Waals surface area contributed by atoms with Crippen LogP contribution in [0.5, 0.6) is 5.75 Å². The molecule has 0 aromatic heterocycles. The minimum Gasteiger partial charge on any atom is -0.478 e. The molecule has 0 unspecified atom stereocenters. The lowest BCUT2D eigenvalue weighted by Gasteiger charge is -2.20. The molecule has 0 aliphatic heterocycles. The normalized spacial score (nSPS) is 12.3. The maximum atomic E-state index is 11.5. The first-order chi connectivity index (χ1) is 7.54. The SMILES string of the molecule is COC(=O)[C@@H](Oc1cccc(C)c1)C(C)C. The third kappa shape index (κ3) is 3.26. The molecular weight excluding hydrogens is 204 g/mol. The Bertz CT molecular complexity index is 358. The number of hydrogen-bond acceptors (Lipinski definition) is 3. The zero-order valence-electron chi connectivity index (χ0n) is 10.2. The minimum absolute atomic E-state index is 0.0768. The number of rotatable bonds is 4. The molecule has 0 amide bonds. The van der Waals surface area contributed by atoms with E-state index in [9.17, 15) is 4.79 Å². The van der Waals surface area contributed by atoms with E-state index in [1.807, 2.05) is 45.0 Å². The smallest absolute Gasteiger partial charge is 0.347 e. The summed E-state index contributed by atoms with van der Waals surface area (Å²) in [6.45, 7) is 5.84. The van der Waals surface area contributed by atoms with Crippen molar-refractivity contribution in [3.05, 3.63) is 29.8 Å². The average molecular weight is 222 g/mol. The van der Waals surface area contributed by atoms with E-state index in [0.717, 1.165) is 5.56 Å². The fraction of sp³-hybridized carbons (Fsp3) is 0.462. The number of carbonyl (C=O) groups is 1. The third-order valence-corrected chi connectivity index (χ3v) is 2.29. The van der Waals surface area contributed by atoms with Gasteiger partial charge in [-0.15, -0.1) is 0 Å². The summed E-state index contributed by atoms with van der Waals surface area (Å²) in [5.41, 5.74) is 1.10. The molecule has 0 heterocycles. The van der Waals surface area contributed by atoms with Crippen LogP contribution in [0.25, 0.3) is 0 Å². The molecular formula is C13H18O3. The molecule has 88 valence electrons. The Morgan fingerprint density at radius 1 is 1.31 bits per heavy atom. The van der Waals surface area contributed by atoms with Gasteiger partial charge in [-0.25, -0.2) is 4.79 Å². The maximum Gasteiger partial charge on any atom is 0.347 e. The highest BCUT2D eigenvalue weighted by Gasteiger charge is 2.24. The van der Waals surface area contributed by atoms with Gasteiger partial charge in [0.15, 0.2) is 6.10 Å². The minimum atomic E-state index is -0.549. The highest BCUT2D eigenvalue weighted by Crippen LogP contribution is 2.18. The summed E-state index contributed by atoms with van der Waals surface area (Å²) in [7, 11) is 1.37. The van der Waals surface area contributed by atoms with E-state index in [2.05, 4.69) is 0 Å². The van der Waals surface area contributed by atoms with E-state index >= 15 is 0 Å². The fourth-order valence-electron chi connectivity index (χ4n) is 1.41. The van der Waals surface area contributed by atoms with Crippen molar-refractivity contribution in [1.29, 1.82) is 0 Å². The highest BCUT2D eigenvalue weighted by atomic mass is 16.6. The molecule has 1 aromatic carbocycles. The van der Waals surface area contributed by atoms with Gasteiger partial charge in [0.2, 0.25) is 0 Å². The Balaban J connectivity index is 2.79. The number of carbonyl (C=O) groups excluding carboxylic acids is 1. The summed E-state index contributed by atoms with van der Waals surface area (Å²) < 4.78 is 10.3. The van der Waals surface area contributed by atoms with Crippen molar-refractivity contribution in [3.8, 4) is 5.75 Å². The lowest BCUT2D eigenvalue weighted by Crippen LogP contribution is -2.33. The van der Waals surface area contributed by atoms with E-state index in [1.165, 1.54) is 7.11 Å². The van der Waals surface area contributed by atoms with E-state index in [0.29, 0.717) is 5.75 Å². The van der Waals surface area contributed by atoms with Gasteiger partial charge in [0.25, 0.3) is 0 Å². The first kappa shape index (κ1) is 12.6. The van der Waals surface area contributed by atoms with E-state index in [-0.39, 0.29) is 11.9 Å². The van der Waals surface area contributed by atoms with Crippen molar-refractivity contribution in [2.24, 2.45) is 5.92 Å². The number of benzene rings is 1. The molecule has 1 rings (SSSR count). The number of hydrogen-bond donors (Lipinski definition) is 0. The Labute approximate surface area is 96.4 Å². The molecule has 0 N–H and O–H groups in total. The molecule has 0 radical (unpaired) electrons. The van der Waals surface area contributed by atoms with Gasteiger partial charge < -0.3 is 9.47 Å². The summed E-state index contributed by atoms with van der Waals surface area (Å²) >= 11 is 0. The van der Waals surface area contributed by atoms with E-state index < -0.39 is 6.10 Å². The van der Waals surface area contributed by atoms with Gasteiger partial charge in [0, 0.05) is 5.92 Å². The van der Waals surface area contributed by atoms with Crippen LogP contribution in [0.2, 0.25) is 0 Å². The molecule has 1 aromatic rings. The quantitative estimate of drug-likeness (QED) is 0.734. The van der Waals surface area contributed by atoms with Gasteiger partial charge in [-0.2, -0.15) is 0 Å². The van der Waals surface area contributed by atoms with Gasteiger partial charge in [-0.05, 0) is 24.6 Å². The summed E-state index contributed by atoms with van der Waals surface area (Å²) in [4.78, 5) is 11.5. The van der Waals surface area contributed by atoms with Crippen molar-refractivity contribution >= 4 is 5.97 Å². The maximum absolute atomic E-state index is 11.5. The molecule has 0 saturated heterocycles. The average Bonchev–Trinajstić information content (AvgIpc) is 2.24. The first-order valence-electron chi connectivity index (χ1n) is 5.35. The number of esters is 1. The number of methoxy groups -OCH3 is 1. The van der Waals surface area contributed by atoms with Crippen LogP contribution in [0.3, 0.4) is 0 Å². The molecule has 3 nitrogen and oxygen atoms in total. The van der Waals surface area contributed by atoms with Gasteiger partial charge in [-0.3, -0.25) is 0 Å². The van der Waals surface area contributed by atoms with Crippen LogP contribution in [-0.2, 0) is 9.53 Å². The zero-order chi connectivity index (χ0) is 12.1. The Kier molecular flexibility index (Phi) is 4.35. The van der Waals surface area contributed by atoms with Crippen LogP contribution in [0, 0.1) is 12.8 Å². The molecule has 0 aliphatic rings. The van der Waals surface area contributed by atoms with Gasteiger partial charge >= 0.3 is 5.97 Å². The molecule has 1 atom stereocenters. The molecule has 0 bridgehead atoms. The van der Waals surface area contributed by atoms with Crippen molar-refractivity contribution in [2.45, 2.75) is 26.9 Å². The van der Waals surface area contributed by atoms with Gasteiger partial charge in [0.1, 0.15) is 5.75 Å². The van der Waals surface area contributed by atoms with Gasteiger partial charge in [-0.1, -0.05) is 26.0 Å². The van der Waals surface area contributed by atoms with Crippen molar-refractivity contribution in [2.75, 3.05) is 7.11 Å². The standard InChI is InChI=1S/C13H18O3/c1-9(2)12(13(14)15-4)16-11-7-5-6-10(3)8-11/h5-9,12H,1-4H3/t12-/m0/s1. The van der Waals surface area contributed by atoms with Crippen molar-refractivity contribution in [1.82, 2.24) is 0 Å². The first-order valence-corrected chi connectivity index (χ1v) is 5.35. The highest BCUT2D eigenvalue weighted by molar-refractivity contribution is 5.75. The summed E-state index contributed by atoms with van der Waals surface area (Å²) in [6, 6.07) is 7.62. The molecule has 0 aliphatic carbocycles. The monoisotopic (exact) mass is 222 g/mol. The molecule has 0 saturated carbocycles. The Hall–Kier alpha value is -1.51. The lowest BCUT2D eigenvalue weighted by atomic mass is 10.1. The Morgan fingerprint density at radius 2 is 2.00 bits per heavy atom. The largest absolute Gasteiger partial charge is 0.478 e. The van der Waals surface area contributed by atoms with Crippen LogP contribution in [0.4, 0.5) is 0 Å². The predicted octanol–water partition coefficient (Wildman–Crippen LogP) is 2.57. The lowest BCUT2D eigenvalue weighted by molar-refractivity contribution is -0.150. The predicted molar refractivity (Wildman–Crippen MR) is 62.4 cm³/mol. The second kappa shape index (κ2) is 5.54. The van der Waals surface area contributed by atoms with Crippen LogP contribution >= 0.6 is 0 Å². The zero-order valence-corrected chi connectivity index (χ0v) is 10.2. The molecule has 0 spiro atoms. The van der Waals surface area contributed by atoms with Gasteiger partial charge in [0.05, 0.1) is 7.11 Å².